The molecular weight excluding hydrogens is 635 g/mol. The summed E-state index contributed by atoms with van der Waals surface area (Å²) in [6.07, 6.45) is 0. The third kappa shape index (κ3) is 7.63. The molecule has 0 atom stereocenters. The molecule has 0 aliphatic carbocycles. The molecule has 0 amide bonds. The van der Waals surface area contributed by atoms with E-state index in [1.165, 1.54) is 26.4 Å². The van der Waals surface area contributed by atoms with E-state index in [-0.39, 0.29) is 46.1 Å². The van der Waals surface area contributed by atoms with Crippen molar-refractivity contribution in [3.05, 3.63) is 92.2 Å². The number of carbonyl (C=O) groups is 2. The number of nitrogens with zero attached hydrogens (tertiary/aromatic N) is 2. The SMILES string of the molecule is CCOc1nc(COc2cccc(-c3cccc(OCc4nc(OCC)c(C(=O)OC)cc4Cl)c3C)c2C)c(Cl)cc1C(=O)OC. The zero-order valence-electron chi connectivity index (χ0n) is 26.4. The molecule has 0 aliphatic rings. The normalized spacial score (nSPS) is 10.7. The average Bonchev–Trinajstić information content (AvgIpc) is 3.05. The van der Waals surface area contributed by atoms with E-state index in [2.05, 4.69) is 9.97 Å². The van der Waals surface area contributed by atoms with Crippen LogP contribution in [-0.2, 0) is 22.7 Å². The number of benzene rings is 2. The van der Waals surface area contributed by atoms with Crippen LogP contribution >= 0.6 is 23.2 Å². The molecule has 2 aromatic carbocycles. The van der Waals surface area contributed by atoms with Gasteiger partial charge in [0.05, 0.1) is 37.5 Å². The molecule has 0 aliphatic heterocycles. The molecule has 4 rings (SSSR count). The first kappa shape index (κ1) is 34.3. The van der Waals surface area contributed by atoms with Gasteiger partial charge in [-0.3, -0.25) is 0 Å². The Balaban J connectivity index is 1.57. The highest BCUT2D eigenvalue weighted by Gasteiger charge is 2.21. The highest BCUT2D eigenvalue weighted by atomic mass is 35.5. The number of pyridine rings is 2. The molecule has 0 unspecified atom stereocenters. The van der Waals surface area contributed by atoms with Crippen molar-refractivity contribution in [1.29, 1.82) is 0 Å². The van der Waals surface area contributed by atoms with Crippen molar-refractivity contribution in [2.45, 2.75) is 40.9 Å². The first-order chi connectivity index (χ1) is 22.1. The quantitative estimate of drug-likeness (QED) is 0.132. The lowest BCUT2D eigenvalue weighted by molar-refractivity contribution is 0.0585. The average molecular weight is 670 g/mol. The zero-order chi connectivity index (χ0) is 33.4. The fourth-order valence-corrected chi connectivity index (χ4v) is 5.05. The molecule has 4 aromatic rings. The van der Waals surface area contributed by atoms with Crippen molar-refractivity contribution < 1.29 is 38.0 Å². The summed E-state index contributed by atoms with van der Waals surface area (Å²) in [5.41, 5.74) is 4.75. The van der Waals surface area contributed by atoms with Gasteiger partial charge in [-0.15, -0.1) is 0 Å². The Morgan fingerprint density at radius 2 is 1.04 bits per heavy atom. The zero-order valence-corrected chi connectivity index (χ0v) is 27.9. The van der Waals surface area contributed by atoms with E-state index in [0.717, 1.165) is 22.3 Å². The second-order valence-corrected chi connectivity index (χ2v) is 10.6. The molecule has 0 bridgehead atoms. The fourth-order valence-electron chi connectivity index (χ4n) is 4.64. The predicted molar refractivity (Wildman–Crippen MR) is 174 cm³/mol. The molecule has 2 aromatic heterocycles. The summed E-state index contributed by atoms with van der Waals surface area (Å²) in [6.45, 7) is 8.19. The second kappa shape index (κ2) is 15.6. The van der Waals surface area contributed by atoms with Crippen LogP contribution in [0.4, 0.5) is 0 Å². The van der Waals surface area contributed by atoms with Crippen LogP contribution in [0.15, 0.2) is 48.5 Å². The molecule has 0 radical (unpaired) electrons. The van der Waals surface area contributed by atoms with Crippen LogP contribution in [0.1, 0.15) is 57.1 Å². The summed E-state index contributed by atoms with van der Waals surface area (Å²) in [4.78, 5) is 33.2. The number of carbonyl (C=O) groups excluding carboxylic acids is 2. The maximum absolute atomic E-state index is 12.2. The molecule has 0 saturated carbocycles. The van der Waals surface area contributed by atoms with Crippen LogP contribution in [-0.4, -0.2) is 49.3 Å². The number of halogens is 2. The molecule has 12 heteroatoms. The lowest BCUT2D eigenvalue weighted by atomic mass is 9.95. The largest absolute Gasteiger partial charge is 0.487 e. The van der Waals surface area contributed by atoms with E-state index in [0.29, 0.717) is 36.1 Å². The molecule has 0 saturated heterocycles. The number of aromatic nitrogens is 2. The monoisotopic (exact) mass is 668 g/mol. The minimum absolute atomic E-state index is 0.0407. The van der Waals surface area contributed by atoms with Gasteiger partial charge in [-0.05, 0) is 74.2 Å². The lowest BCUT2D eigenvalue weighted by Crippen LogP contribution is -2.10. The van der Waals surface area contributed by atoms with Crippen LogP contribution in [0.5, 0.6) is 23.3 Å². The van der Waals surface area contributed by atoms with Gasteiger partial charge in [0.15, 0.2) is 0 Å². The molecule has 46 heavy (non-hydrogen) atoms. The topological polar surface area (TPSA) is 115 Å². The van der Waals surface area contributed by atoms with Crippen molar-refractivity contribution in [2.75, 3.05) is 27.4 Å². The summed E-state index contributed by atoms with van der Waals surface area (Å²) in [5, 5.41) is 0.502. The lowest BCUT2D eigenvalue weighted by Gasteiger charge is -2.17. The number of methoxy groups -OCH3 is 2. The summed E-state index contributed by atoms with van der Waals surface area (Å²) in [7, 11) is 2.56. The Hall–Kier alpha value is -4.54. The number of hydrogen-bond donors (Lipinski definition) is 0. The Labute approximate surface area is 277 Å². The van der Waals surface area contributed by atoms with Gasteiger partial charge in [-0.1, -0.05) is 47.5 Å². The minimum Gasteiger partial charge on any atom is -0.487 e. The third-order valence-electron chi connectivity index (χ3n) is 6.99. The van der Waals surface area contributed by atoms with Crippen LogP contribution in [0.25, 0.3) is 11.1 Å². The highest BCUT2D eigenvalue weighted by molar-refractivity contribution is 6.32. The summed E-state index contributed by atoms with van der Waals surface area (Å²) < 4.78 is 33.1. The van der Waals surface area contributed by atoms with Crippen molar-refractivity contribution in [3.63, 3.8) is 0 Å². The van der Waals surface area contributed by atoms with Crippen LogP contribution < -0.4 is 18.9 Å². The summed E-state index contributed by atoms with van der Waals surface area (Å²) in [5.74, 6) is 0.311. The summed E-state index contributed by atoms with van der Waals surface area (Å²) >= 11 is 12.9. The standard InChI is InChI=1S/C34H34Cl2N2O8/c1-7-43-31-23(33(39)41-5)15-25(35)27(37-31)17-45-29-13-9-11-21(19(29)3)22-12-10-14-30(20(22)4)46-18-28-26(36)16-24(34(40)42-6)32(38-28)44-8-2/h9-16H,7-8,17-18H2,1-6H3. The molecular formula is C34H34Cl2N2O8. The Morgan fingerprint density at radius 1 is 0.652 bits per heavy atom. The smallest absolute Gasteiger partial charge is 0.343 e. The van der Waals surface area contributed by atoms with Crippen molar-refractivity contribution in [3.8, 4) is 34.4 Å². The molecule has 2 heterocycles. The van der Waals surface area contributed by atoms with Crippen LogP contribution in [0, 0.1) is 13.8 Å². The number of esters is 2. The van der Waals surface area contributed by atoms with Gasteiger partial charge in [0.1, 0.15) is 47.2 Å². The van der Waals surface area contributed by atoms with Gasteiger partial charge in [-0.25, -0.2) is 19.6 Å². The van der Waals surface area contributed by atoms with E-state index in [1.807, 2.05) is 50.2 Å². The highest BCUT2D eigenvalue weighted by Crippen LogP contribution is 2.36. The Morgan fingerprint density at radius 3 is 1.39 bits per heavy atom. The number of hydrogen-bond acceptors (Lipinski definition) is 10. The number of rotatable bonds is 13. The van der Waals surface area contributed by atoms with E-state index in [9.17, 15) is 9.59 Å². The van der Waals surface area contributed by atoms with Gasteiger partial charge < -0.3 is 28.4 Å². The van der Waals surface area contributed by atoms with Gasteiger partial charge in [0, 0.05) is 0 Å². The fraction of sp³-hybridized carbons (Fsp3) is 0.294. The Bertz CT molecular complexity index is 1620. The molecule has 10 nitrogen and oxygen atoms in total. The summed E-state index contributed by atoms with van der Waals surface area (Å²) in [6, 6.07) is 14.4. The van der Waals surface area contributed by atoms with E-state index < -0.39 is 11.9 Å². The van der Waals surface area contributed by atoms with E-state index >= 15 is 0 Å². The first-order valence-electron chi connectivity index (χ1n) is 14.4. The molecule has 0 spiro atoms. The van der Waals surface area contributed by atoms with Gasteiger partial charge in [0.25, 0.3) is 0 Å². The number of ether oxygens (including phenoxy) is 6. The molecule has 0 N–H and O–H groups in total. The second-order valence-electron chi connectivity index (χ2n) is 9.82. The van der Waals surface area contributed by atoms with Crippen molar-refractivity contribution in [1.82, 2.24) is 9.97 Å². The van der Waals surface area contributed by atoms with Gasteiger partial charge in [-0.2, -0.15) is 0 Å². The van der Waals surface area contributed by atoms with Crippen molar-refractivity contribution in [2.24, 2.45) is 0 Å². The third-order valence-corrected chi connectivity index (χ3v) is 7.64. The maximum Gasteiger partial charge on any atom is 0.343 e. The molecule has 242 valence electrons. The minimum atomic E-state index is -0.596. The van der Waals surface area contributed by atoms with E-state index in [4.69, 9.17) is 51.6 Å². The van der Waals surface area contributed by atoms with Crippen LogP contribution in [0.2, 0.25) is 10.0 Å². The molecule has 0 fully saturated rings. The predicted octanol–water partition coefficient (Wildman–Crippen LogP) is 7.60. The van der Waals surface area contributed by atoms with Gasteiger partial charge in [0.2, 0.25) is 11.8 Å². The first-order valence-corrected chi connectivity index (χ1v) is 15.1. The maximum atomic E-state index is 12.2. The van der Waals surface area contributed by atoms with Gasteiger partial charge >= 0.3 is 11.9 Å². The van der Waals surface area contributed by atoms with E-state index in [1.54, 1.807) is 13.8 Å². The van der Waals surface area contributed by atoms with Crippen LogP contribution in [0.3, 0.4) is 0 Å². The van der Waals surface area contributed by atoms with Crippen molar-refractivity contribution >= 4 is 35.1 Å². The Kier molecular flexibility index (Phi) is 11.7.